The maximum absolute atomic E-state index is 4.65. The molecule has 1 aromatic rings. The quantitative estimate of drug-likeness (QED) is 0.789. The van der Waals surface area contributed by atoms with Crippen LogP contribution in [-0.2, 0) is 0 Å². The smallest absolute Gasteiger partial charge is 0.232 e. The van der Waals surface area contributed by atoms with Gasteiger partial charge in [-0.3, -0.25) is 0 Å². The molecule has 0 saturated carbocycles. The van der Waals surface area contributed by atoms with Gasteiger partial charge in [-0.25, -0.2) is 0 Å². The number of nitrogens with zero attached hydrogens (tertiary/aromatic N) is 5. The van der Waals surface area contributed by atoms with Gasteiger partial charge in [-0.1, -0.05) is 6.92 Å². The lowest BCUT2D eigenvalue weighted by atomic mass is 10.3. The van der Waals surface area contributed by atoms with Crippen LogP contribution < -0.4 is 15.1 Å². The molecule has 0 aliphatic carbocycles. The first-order valence-electron chi connectivity index (χ1n) is 7.52. The molecule has 0 saturated heterocycles. The van der Waals surface area contributed by atoms with E-state index in [-0.39, 0.29) is 0 Å². The molecule has 0 atom stereocenters. The molecule has 0 aliphatic rings. The minimum Gasteiger partial charge on any atom is -0.357 e. The Kier molecular flexibility index (Phi) is 6.48. The van der Waals surface area contributed by atoms with Crippen LogP contribution in [0.25, 0.3) is 0 Å². The van der Waals surface area contributed by atoms with E-state index in [2.05, 4.69) is 64.7 Å². The van der Waals surface area contributed by atoms with E-state index in [0.717, 1.165) is 38.0 Å². The Morgan fingerprint density at radius 1 is 1.00 bits per heavy atom. The third kappa shape index (κ3) is 3.95. The van der Waals surface area contributed by atoms with Crippen LogP contribution in [0.15, 0.2) is 0 Å². The Morgan fingerprint density at radius 2 is 1.60 bits per heavy atom. The lowest BCUT2D eigenvalue weighted by molar-refractivity contribution is 0.647. The summed E-state index contributed by atoms with van der Waals surface area (Å²) in [5, 5.41) is 3.03. The maximum Gasteiger partial charge on any atom is 0.232 e. The van der Waals surface area contributed by atoms with Crippen molar-refractivity contribution in [2.75, 3.05) is 41.8 Å². The van der Waals surface area contributed by atoms with Crippen molar-refractivity contribution in [3.8, 4) is 0 Å². The zero-order valence-corrected chi connectivity index (χ0v) is 13.6. The van der Waals surface area contributed by atoms with Gasteiger partial charge in [0.1, 0.15) is 0 Å². The molecular formula is C14H28N6. The van der Waals surface area contributed by atoms with Crippen molar-refractivity contribution in [3.63, 3.8) is 0 Å². The predicted molar refractivity (Wildman–Crippen MR) is 85.7 cm³/mol. The van der Waals surface area contributed by atoms with Gasteiger partial charge in [0.15, 0.2) is 0 Å². The Labute approximate surface area is 122 Å². The first-order chi connectivity index (χ1) is 9.57. The minimum atomic E-state index is 0.367. The van der Waals surface area contributed by atoms with Crippen LogP contribution in [0.3, 0.4) is 0 Å². The summed E-state index contributed by atoms with van der Waals surface area (Å²) in [6.45, 7) is 13.4. The molecule has 0 fully saturated rings. The van der Waals surface area contributed by atoms with E-state index in [4.69, 9.17) is 0 Å². The maximum atomic E-state index is 4.65. The summed E-state index contributed by atoms with van der Waals surface area (Å²) in [4.78, 5) is 18.0. The van der Waals surface area contributed by atoms with Gasteiger partial charge in [-0.05, 0) is 34.1 Å². The molecule has 0 bridgehead atoms. The van der Waals surface area contributed by atoms with Crippen LogP contribution in [0.1, 0.15) is 41.0 Å². The van der Waals surface area contributed by atoms with Crippen LogP contribution >= 0.6 is 0 Å². The first kappa shape index (κ1) is 16.5. The monoisotopic (exact) mass is 280 g/mol. The standard InChI is InChI=1S/C14H28N6/c1-7-10-20(11(4)5)14-17-12(15-6)16-13(18-14)19(8-2)9-3/h11H,7-10H2,1-6H3,(H,15,16,17,18). The molecule has 0 amide bonds. The van der Waals surface area contributed by atoms with Gasteiger partial charge in [-0.15, -0.1) is 0 Å². The van der Waals surface area contributed by atoms with Crippen molar-refractivity contribution < 1.29 is 0 Å². The van der Waals surface area contributed by atoms with Crippen molar-refractivity contribution in [2.24, 2.45) is 0 Å². The van der Waals surface area contributed by atoms with Crippen LogP contribution in [0.2, 0.25) is 0 Å². The highest BCUT2D eigenvalue weighted by Crippen LogP contribution is 2.18. The second-order valence-corrected chi connectivity index (χ2v) is 4.97. The molecule has 20 heavy (non-hydrogen) atoms. The van der Waals surface area contributed by atoms with Crippen LogP contribution in [0.5, 0.6) is 0 Å². The third-order valence-corrected chi connectivity index (χ3v) is 3.23. The van der Waals surface area contributed by atoms with Crippen molar-refractivity contribution >= 4 is 17.8 Å². The summed E-state index contributed by atoms with van der Waals surface area (Å²) in [6.07, 6.45) is 1.07. The van der Waals surface area contributed by atoms with Crippen LogP contribution in [0.4, 0.5) is 17.8 Å². The molecule has 1 heterocycles. The van der Waals surface area contributed by atoms with Gasteiger partial charge in [0.25, 0.3) is 0 Å². The van der Waals surface area contributed by atoms with Gasteiger partial charge in [0.05, 0.1) is 0 Å². The Bertz CT molecular complexity index is 403. The Morgan fingerprint density at radius 3 is 2.05 bits per heavy atom. The molecule has 0 aromatic carbocycles. The molecule has 114 valence electrons. The predicted octanol–water partition coefficient (Wildman–Crippen LogP) is 2.38. The van der Waals surface area contributed by atoms with Crippen molar-refractivity contribution in [1.82, 2.24) is 15.0 Å². The van der Waals surface area contributed by atoms with Crippen LogP contribution in [-0.4, -0.2) is 47.7 Å². The van der Waals surface area contributed by atoms with E-state index >= 15 is 0 Å². The first-order valence-corrected chi connectivity index (χ1v) is 7.52. The zero-order valence-electron chi connectivity index (χ0n) is 13.6. The Hall–Kier alpha value is -1.59. The molecule has 6 heteroatoms. The van der Waals surface area contributed by atoms with E-state index in [0.29, 0.717) is 12.0 Å². The minimum absolute atomic E-state index is 0.367. The molecule has 1 N–H and O–H groups in total. The fourth-order valence-corrected chi connectivity index (χ4v) is 2.07. The number of rotatable bonds is 8. The van der Waals surface area contributed by atoms with E-state index in [9.17, 15) is 0 Å². The summed E-state index contributed by atoms with van der Waals surface area (Å²) >= 11 is 0. The Balaban J connectivity index is 3.20. The lowest BCUT2D eigenvalue weighted by Gasteiger charge is -2.28. The van der Waals surface area contributed by atoms with Crippen molar-refractivity contribution in [1.29, 1.82) is 0 Å². The molecule has 1 aromatic heterocycles. The fraction of sp³-hybridized carbons (Fsp3) is 0.786. The normalized spacial score (nSPS) is 10.8. The van der Waals surface area contributed by atoms with Gasteiger partial charge >= 0.3 is 0 Å². The number of hydrogen-bond donors (Lipinski definition) is 1. The summed E-state index contributed by atoms with van der Waals surface area (Å²) < 4.78 is 0. The fourth-order valence-electron chi connectivity index (χ4n) is 2.07. The van der Waals surface area contributed by atoms with E-state index in [1.54, 1.807) is 0 Å². The van der Waals surface area contributed by atoms with Crippen LogP contribution in [0, 0.1) is 0 Å². The highest BCUT2D eigenvalue weighted by Gasteiger charge is 2.17. The van der Waals surface area contributed by atoms with E-state index in [1.807, 2.05) is 7.05 Å². The number of anilines is 3. The lowest BCUT2D eigenvalue weighted by Crippen LogP contribution is -2.34. The second kappa shape index (κ2) is 7.87. The molecule has 1 rings (SSSR count). The molecule has 0 aliphatic heterocycles. The van der Waals surface area contributed by atoms with Crippen molar-refractivity contribution in [3.05, 3.63) is 0 Å². The number of hydrogen-bond acceptors (Lipinski definition) is 6. The third-order valence-electron chi connectivity index (χ3n) is 3.23. The molecule has 0 spiro atoms. The zero-order chi connectivity index (χ0) is 15.1. The van der Waals surface area contributed by atoms with E-state index in [1.165, 1.54) is 0 Å². The van der Waals surface area contributed by atoms with Gasteiger partial charge in [0.2, 0.25) is 17.8 Å². The topological polar surface area (TPSA) is 57.2 Å². The highest BCUT2D eigenvalue weighted by atomic mass is 15.4. The van der Waals surface area contributed by atoms with E-state index < -0.39 is 0 Å². The summed E-state index contributed by atoms with van der Waals surface area (Å²) in [5.74, 6) is 2.12. The van der Waals surface area contributed by atoms with Gasteiger partial charge in [0, 0.05) is 32.7 Å². The second-order valence-electron chi connectivity index (χ2n) is 4.97. The number of nitrogens with one attached hydrogen (secondary N) is 1. The number of aromatic nitrogens is 3. The average molecular weight is 280 g/mol. The summed E-state index contributed by atoms with van der Waals surface area (Å²) in [6, 6.07) is 0.367. The molecule has 6 nitrogen and oxygen atoms in total. The van der Waals surface area contributed by atoms with Gasteiger partial charge < -0.3 is 15.1 Å². The largest absolute Gasteiger partial charge is 0.357 e. The molecular weight excluding hydrogens is 252 g/mol. The van der Waals surface area contributed by atoms with Gasteiger partial charge in [-0.2, -0.15) is 15.0 Å². The molecule has 0 unspecified atom stereocenters. The summed E-state index contributed by atoms with van der Waals surface area (Å²) in [5.41, 5.74) is 0. The van der Waals surface area contributed by atoms with Crippen molar-refractivity contribution in [2.45, 2.75) is 47.1 Å². The highest BCUT2D eigenvalue weighted by molar-refractivity contribution is 5.45. The average Bonchev–Trinajstić information content (AvgIpc) is 2.45. The molecule has 0 radical (unpaired) electrons. The SMILES string of the molecule is CCCN(c1nc(NC)nc(N(CC)CC)n1)C(C)C. The summed E-state index contributed by atoms with van der Waals surface area (Å²) in [7, 11) is 1.84.